The minimum absolute atomic E-state index is 0.00122. The molecular weight excluding hydrogens is 623 g/mol. The molecule has 2 aromatic heterocycles. The fraction of sp³-hybridized carbons (Fsp3) is 0.0851. The quantitative estimate of drug-likeness (QED) is 0.185. The smallest absolute Gasteiger partial charge is 0.164 e. The van der Waals surface area contributed by atoms with Gasteiger partial charge in [0.1, 0.15) is 17.0 Å². The molecule has 1 atom stereocenters. The topological polar surface area (TPSA) is 51.8 Å². The number of hydrogen-bond acceptors (Lipinski definition) is 4. The van der Waals surface area contributed by atoms with E-state index in [1.807, 2.05) is 18.2 Å². The molecule has 0 amide bonds. The van der Waals surface area contributed by atoms with Crippen molar-refractivity contribution in [1.29, 1.82) is 0 Å². The van der Waals surface area contributed by atoms with Crippen molar-refractivity contribution in [3.8, 4) is 45.0 Å². The molecule has 242 valence electrons. The Morgan fingerprint density at radius 2 is 1.31 bits per heavy atom. The van der Waals surface area contributed by atoms with Gasteiger partial charge < -0.3 is 4.42 Å². The summed E-state index contributed by atoms with van der Waals surface area (Å²) in [5, 5.41) is 2.06. The van der Waals surface area contributed by atoms with Gasteiger partial charge in [-0.3, -0.25) is 0 Å². The average molecular weight is 656 g/mol. The van der Waals surface area contributed by atoms with Crippen LogP contribution in [0.1, 0.15) is 40.4 Å². The number of furan rings is 1. The van der Waals surface area contributed by atoms with Crippen molar-refractivity contribution >= 4 is 34.1 Å². The molecule has 0 saturated carbocycles. The second kappa shape index (κ2) is 12.2. The molecule has 2 aliphatic carbocycles. The highest BCUT2D eigenvalue weighted by Crippen LogP contribution is 2.42. The third-order valence-electron chi connectivity index (χ3n) is 10.3. The van der Waals surface area contributed by atoms with E-state index >= 15 is 0 Å². The van der Waals surface area contributed by atoms with Crippen LogP contribution in [0.15, 0.2) is 150 Å². The van der Waals surface area contributed by atoms with Crippen LogP contribution in [0.5, 0.6) is 0 Å². The number of benzene rings is 6. The molecule has 1 unspecified atom stereocenters. The maximum atomic E-state index is 6.62. The molecule has 4 heteroatoms. The van der Waals surface area contributed by atoms with Gasteiger partial charge in [-0.1, -0.05) is 127 Å². The maximum Gasteiger partial charge on any atom is 0.164 e. The van der Waals surface area contributed by atoms with Gasteiger partial charge >= 0.3 is 0 Å². The second-order valence-corrected chi connectivity index (χ2v) is 13.5. The highest BCUT2D eigenvalue weighted by molar-refractivity contribution is 6.15. The van der Waals surface area contributed by atoms with Crippen LogP contribution < -0.4 is 0 Å². The van der Waals surface area contributed by atoms with Crippen molar-refractivity contribution in [2.75, 3.05) is 0 Å². The van der Waals surface area contributed by atoms with Gasteiger partial charge in [0.2, 0.25) is 0 Å². The van der Waals surface area contributed by atoms with E-state index in [1.54, 1.807) is 0 Å². The van der Waals surface area contributed by atoms with E-state index in [0.717, 1.165) is 69.3 Å². The van der Waals surface area contributed by atoms with Crippen LogP contribution in [0.2, 0.25) is 0 Å². The van der Waals surface area contributed by atoms with Crippen LogP contribution in [-0.2, 0) is 12.8 Å². The van der Waals surface area contributed by atoms with Crippen molar-refractivity contribution in [2.45, 2.75) is 25.2 Å². The normalized spacial score (nSPS) is 14.9. The third kappa shape index (κ3) is 5.28. The van der Waals surface area contributed by atoms with Gasteiger partial charge in [0.25, 0.3) is 0 Å². The van der Waals surface area contributed by atoms with Gasteiger partial charge in [0, 0.05) is 33.4 Å². The van der Waals surface area contributed by atoms with E-state index in [-0.39, 0.29) is 5.92 Å². The summed E-state index contributed by atoms with van der Waals surface area (Å²) in [6.45, 7) is 0. The van der Waals surface area contributed by atoms with Crippen molar-refractivity contribution in [1.82, 2.24) is 15.0 Å². The Kier molecular flexibility index (Phi) is 7.05. The van der Waals surface area contributed by atoms with E-state index in [9.17, 15) is 0 Å². The molecule has 8 aromatic rings. The molecule has 6 aromatic carbocycles. The van der Waals surface area contributed by atoms with Crippen LogP contribution in [0.3, 0.4) is 0 Å². The molecule has 0 spiro atoms. The minimum atomic E-state index is 0.00122. The number of rotatable bonds is 5. The first-order valence-corrected chi connectivity index (χ1v) is 17.7. The Balaban J connectivity index is 1.14. The third-order valence-corrected chi connectivity index (χ3v) is 10.3. The van der Waals surface area contributed by atoms with Gasteiger partial charge in [-0.2, -0.15) is 0 Å². The fourth-order valence-electron chi connectivity index (χ4n) is 7.69. The number of hydrogen-bond donors (Lipinski definition) is 0. The summed E-state index contributed by atoms with van der Waals surface area (Å²) in [4.78, 5) is 15.8. The van der Waals surface area contributed by atoms with E-state index in [1.165, 1.54) is 33.4 Å². The summed E-state index contributed by atoms with van der Waals surface area (Å²) >= 11 is 0. The molecule has 51 heavy (non-hydrogen) atoms. The Hall–Kier alpha value is -6.39. The lowest BCUT2D eigenvalue weighted by atomic mass is 9.87. The van der Waals surface area contributed by atoms with Crippen molar-refractivity contribution in [3.63, 3.8) is 0 Å². The standard InChI is InChI=1S/C47H33N3O/c1-3-11-30(12-4-1)34-20-21-36-29-38(24-22-35(36)27-34)46-48-45(37-23-19-31-13-7-8-16-33(31)28-37)49-47(50-46)41-26-25-39(32-14-5-2-6-15-32)44-43(41)40-17-9-10-18-42(40)51-44/h1-7,9-15,17-28,38H,8,16,29H2. The van der Waals surface area contributed by atoms with E-state index in [0.29, 0.717) is 11.6 Å². The van der Waals surface area contributed by atoms with E-state index in [4.69, 9.17) is 19.4 Å². The predicted molar refractivity (Wildman–Crippen MR) is 208 cm³/mol. The molecule has 2 heterocycles. The highest BCUT2D eigenvalue weighted by atomic mass is 16.3. The zero-order chi connectivity index (χ0) is 33.7. The Morgan fingerprint density at radius 3 is 2.20 bits per heavy atom. The van der Waals surface area contributed by atoms with Gasteiger partial charge in [-0.25, -0.2) is 15.0 Å². The van der Waals surface area contributed by atoms with Crippen LogP contribution >= 0.6 is 0 Å². The lowest BCUT2D eigenvalue weighted by Crippen LogP contribution is -2.12. The number of aryl methyl sites for hydroxylation is 1. The lowest BCUT2D eigenvalue weighted by molar-refractivity contribution is 0.670. The van der Waals surface area contributed by atoms with Crippen LogP contribution in [0.25, 0.3) is 79.1 Å². The summed E-state index contributed by atoms with van der Waals surface area (Å²) in [6, 6.07) is 46.9. The number of aromatic nitrogens is 3. The second-order valence-electron chi connectivity index (χ2n) is 13.5. The first-order chi connectivity index (χ1) is 25.2. The van der Waals surface area contributed by atoms with Crippen LogP contribution in [0, 0.1) is 0 Å². The zero-order valence-electron chi connectivity index (χ0n) is 28.0. The molecule has 0 bridgehead atoms. The molecule has 10 rings (SSSR count). The fourth-order valence-corrected chi connectivity index (χ4v) is 7.69. The predicted octanol–water partition coefficient (Wildman–Crippen LogP) is 11.8. The van der Waals surface area contributed by atoms with Crippen molar-refractivity contribution in [2.24, 2.45) is 0 Å². The lowest BCUT2D eigenvalue weighted by Gasteiger charge is -2.20. The van der Waals surface area contributed by atoms with Gasteiger partial charge in [0.05, 0.1) is 0 Å². The van der Waals surface area contributed by atoms with Crippen LogP contribution in [0.4, 0.5) is 0 Å². The number of nitrogens with zero attached hydrogens (tertiary/aromatic N) is 3. The summed E-state index contributed by atoms with van der Waals surface area (Å²) in [5.74, 6) is 2.12. The Morgan fingerprint density at radius 1 is 0.549 bits per heavy atom. The van der Waals surface area contributed by atoms with Gasteiger partial charge in [-0.05, 0) is 88.5 Å². The van der Waals surface area contributed by atoms with Crippen LogP contribution in [-0.4, -0.2) is 15.0 Å². The SMILES string of the molecule is C1=Cc2ccc(-c3nc(-c4ccc(-c5ccccc5)c5oc6ccccc6c45)nc(C4C=Cc5cc(-c6ccccc6)ccc5C4)n3)cc2CC1. The summed E-state index contributed by atoms with van der Waals surface area (Å²) < 4.78 is 6.62. The van der Waals surface area contributed by atoms with Crippen molar-refractivity contribution < 1.29 is 4.42 Å². The maximum absolute atomic E-state index is 6.62. The number of fused-ring (bicyclic) bond motifs is 5. The molecule has 0 fully saturated rings. The molecular formula is C47H33N3O. The number of allylic oxidation sites excluding steroid dienone is 2. The summed E-state index contributed by atoms with van der Waals surface area (Å²) in [6.07, 6.45) is 11.8. The molecule has 0 saturated heterocycles. The molecule has 2 aliphatic rings. The van der Waals surface area contributed by atoms with Gasteiger partial charge in [0.15, 0.2) is 11.6 Å². The Labute approximate surface area is 296 Å². The molecule has 0 aliphatic heterocycles. The average Bonchev–Trinajstić information content (AvgIpc) is 3.60. The largest absolute Gasteiger partial charge is 0.455 e. The minimum Gasteiger partial charge on any atom is -0.455 e. The Bertz CT molecular complexity index is 2670. The van der Waals surface area contributed by atoms with E-state index < -0.39 is 0 Å². The molecule has 0 N–H and O–H groups in total. The van der Waals surface area contributed by atoms with Gasteiger partial charge in [-0.15, -0.1) is 0 Å². The summed E-state index contributed by atoms with van der Waals surface area (Å²) in [5.41, 5.74) is 13.4. The summed E-state index contributed by atoms with van der Waals surface area (Å²) in [7, 11) is 0. The highest BCUT2D eigenvalue weighted by Gasteiger charge is 2.24. The molecule has 4 nitrogen and oxygen atoms in total. The van der Waals surface area contributed by atoms with Crippen molar-refractivity contribution in [3.05, 3.63) is 174 Å². The number of para-hydroxylation sites is 1. The monoisotopic (exact) mass is 655 g/mol. The van der Waals surface area contributed by atoms with E-state index in [2.05, 4.69) is 140 Å². The first-order valence-electron chi connectivity index (χ1n) is 17.7. The molecule has 0 radical (unpaired) electrons. The first kappa shape index (κ1) is 29.5. The zero-order valence-corrected chi connectivity index (χ0v) is 28.0.